The van der Waals surface area contributed by atoms with Gasteiger partial charge in [-0.3, -0.25) is 4.79 Å². The molecule has 0 aliphatic heterocycles. The second-order valence-corrected chi connectivity index (χ2v) is 24.0. The fraction of sp³-hybridized carbons (Fsp3) is 0.985. The minimum Gasteiger partial charge on any atom is -0.394 e. The first-order chi connectivity index (χ1) is 35.7. The van der Waals surface area contributed by atoms with Crippen LogP contribution in [0.4, 0.5) is 0 Å². The van der Waals surface area contributed by atoms with Gasteiger partial charge in [-0.05, 0) is 12.8 Å². The van der Waals surface area contributed by atoms with Crippen LogP contribution in [0, 0.1) is 0 Å². The van der Waals surface area contributed by atoms with E-state index in [9.17, 15) is 15.0 Å². The van der Waals surface area contributed by atoms with Crippen LogP contribution in [-0.2, 0) is 4.79 Å². The topological polar surface area (TPSA) is 69.6 Å². The van der Waals surface area contributed by atoms with Crippen LogP contribution in [0.25, 0.3) is 0 Å². The third-order valence-corrected chi connectivity index (χ3v) is 16.6. The zero-order chi connectivity index (χ0) is 52.0. The SMILES string of the molecule is CCCCCCCCCCCCCCCCCCCCCCCCCCCCCCCCCC(=O)NC(CO)C(O)CCCCCCCCCCCCCCCCCCCCCCCCCCCCCCC. The highest BCUT2D eigenvalue weighted by Gasteiger charge is 2.20. The minimum absolute atomic E-state index is 0.0194. The standard InChI is InChI=1S/C68H137NO3/c1-3-5-7-9-11-13-15-17-19-21-23-25-27-29-31-33-34-36-38-40-42-44-46-48-50-52-54-56-58-60-62-64-68(72)69-66(65-70)67(71)63-61-59-57-55-53-51-49-47-45-43-41-39-37-35-32-30-28-26-24-22-20-18-16-14-12-10-8-6-4-2/h66-67,70-71H,3-65H2,1-2H3,(H,69,72). The molecule has 0 radical (unpaired) electrons. The molecule has 0 saturated heterocycles. The average Bonchev–Trinajstić information content (AvgIpc) is 3.39. The second-order valence-electron chi connectivity index (χ2n) is 24.0. The maximum Gasteiger partial charge on any atom is 0.220 e. The predicted octanol–water partition coefficient (Wildman–Crippen LogP) is 23.1. The molecule has 0 saturated carbocycles. The van der Waals surface area contributed by atoms with Crippen molar-refractivity contribution in [1.29, 1.82) is 0 Å². The number of carbonyl (C=O) groups excluding carboxylic acids is 1. The summed E-state index contributed by atoms with van der Waals surface area (Å²) in [4.78, 5) is 12.6. The third kappa shape index (κ3) is 60.3. The van der Waals surface area contributed by atoms with Crippen LogP contribution >= 0.6 is 0 Å². The smallest absolute Gasteiger partial charge is 0.220 e. The molecule has 4 heteroatoms. The Balaban J connectivity index is 3.36. The Labute approximate surface area is 454 Å². The lowest BCUT2D eigenvalue weighted by Crippen LogP contribution is -2.45. The summed E-state index contributed by atoms with van der Waals surface area (Å²) in [6.07, 6.45) is 84.4. The molecule has 3 N–H and O–H groups in total. The Kier molecular flexibility index (Phi) is 64.1. The Morgan fingerprint density at radius 1 is 0.278 bits per heavy atom. The highest BCUT2D eigenvalue weighted by Crippen LogP contribution is 2.20. The molecule has 2 unspecified atom stereocenters. The molecule has 0 fully saturated rings. The van der Waals surface area contributed by atoms with Crippen LogP contribution in [0.1, 0.15) is 412 Å². The van der Waals surface area contributed by atoms with Gasteiger partial charge in [0, 0.05) is 6.42 Å². The zero-order valence-corrected chi connectivity index (χ0v) is 50.0. The number of hydrogen-bond donors (Lipinski definition) is 3. The Bertz CT molecular complexity index is 971. The first-order valence-electron chi connectivity index (χ1n) is 34.2. The molecule has 4 nitrogen and oxygen atoms in total. The number of carbonyl (C=O) groups is 1. The van der Waals surface area contributed by atoms with Crippen molar-refractivity contribution in [3.05, 3.63) is 0 Å². The number of hydrogen-bond acceptors (Lipinski definition) is 3. The van der Waals surface area contributed by atoms with Crippen molar-refractivity contribution in [3.8, 4) is 0 Å². The van der Waals surface area contributed by atoms with E-state index >= 15 is 0 Å². The Morgan fingerprint density at radius 3 is 0.625 bits per heavy atom. The van der Waals surface area contributed by atoms with Gasteiger partial charge in [-0.1, -0.05) is 393 Å². The normalized spacial score (nSPS) is 12.6. The first-order valence-corrected chi connectivity index (χ1v) is 34.2. The van der Waals surface area contributed by atoms with E-state index in [2.05, 4.69) is 19.2 Å². The number of unbranched alkanes of at least 4 members (excludes halogenated alkanes) is 58. The molecule has 0 aliphatic carbocycles. The van der Waals surface area contributed by atoms with Crippen molar-refractivity contribution in [2.24, 2.45) is 0 Å². The summed E-state index contributed by atoms with van der Waals surface area (Å²) < 4.78 is 0. The molecule has 0 aromatic heterocycles. The van der Waals surface area contributed by atoms with Crippen molar-refractivity contribution < 1.29 is 15.0 Å². The lowest BCUT2D eigenvalue weighted by molar-refractivity contribution is -0.123. The molecular weight excluding hydrogens is 879 g/mol. The van der Waals surface area contributed by atoms with Gasteiger partial charge in [-0.2, -0.15) is 0 Å². The highest BCUT2D eigenvalue weighted by molar-refractivity contribution is 5.76. The van der Waals surface area contributed by atoms with Gasteiger partial charge in [-0.25, -0.2) is 0 Å². The van der Waals surface area contributed by atoms with Gasteiger partial charge in [0.05, 0.1) is 18.8 Å². The Morgan fingerprint density at radius 2 is 0.444 bits per heavy atom. The Hall–Kier alpha value is -0.610. The first kappa shape index (κ1) is 71.4. The number of rotatable bonds is 65. The predicted molar refractivity (Wildman–Crippen MR) is 323 cm³/mol. The van der Waals surface area contributed by atoms with Crippen LogP contribution in [-0.4, -0.2) is 34.9 Å². The van der Waals surface area contributed by atoms with E-state index < -0.39 is 12.1 Å². The number of amides is 1. The van der Waals surface area contributed by atoms with Gasteiger partial charge in [0.15, 0.2) is 0 Å². The fourth-order valence-electron chi connectivity index (χ4n) is 11.4. The van der Waals surface area contributed by atoms with Crippen LogP contribution in [0.2, 0.25) is 0 Å². The van der Waals surface area contributed by atoms with Crippen molar-refractivity contribution in [3.63, 3.8) is 0 Å². The summed E-state index contributed by atoms with van der Waals surface area (Å²) in [7, 11) is 0. The van der Waals surface area contributed by atoms with Crippen LogP contribution in [0.5, 0.6) is 0 Å². The summed E-state index contributed by atoms with van der Waals surface area (Å²) >= 11 is 0. The quantitative estimate of drug-likeness (QED) is 0.0532. The van der Waals surface area contributed by atoms with Crippen molar-refractivity contribution in [2.75, 3.05) is 6.61 Å². The van der Waals surface area contributed by atoms with Gasteiger partial charge in [-0.15, -0.1) is 0 Å². The molecule has 0 bridgehead atoms. The summed E-state index contributed by atoms with van der Waals surface area (Å²) in [5, 5.41) is 23.5. The molecule has 0 heterocycles. The van der Waals surface area contributed by atoms with E-state index in [0.717, 1.165) is 25.7 Å². The summed E-state index contributed by atoms with van der Waals surface area (Å²) in [5.74, 6) is -0.0194. The monoisotopic (exact) mass is 1020 g/mol. The van der Waals surface area contributed by atoms with E-state index in [4.69, 9.17) is 0 Å². The van der Waals surface area contributed by atoms with Gasteiger partial charge in [0.1, 0.15) is 0 Å². The largest absolute Gasteiger partial charge is 0.394 e. The van der Waals surface area contributed by atoms with Crippen molar-refractivity contribution >= 4 is 5.91 Å². The number of nitrogens with one attached hydrogen (secondary N) is 1. The van der Waals surface area contributed by atoms with E-state index in [1.165, 1.54) is 360 Å². The minimum atomic E-state index is -0.656. The molecule has 0 spiro atoms. The lowest BCUT2D eigenvalue weighted by atomic mass is 10.0. The van der Waals surface area contributed by atoms with Gasteiger partial charge >= 0.3 is 0 Å². The third-order valence-electron chi connectivity index (χ3n) is 16.6. The number of aliphatic hydroxyl groups is 2. The molecule has 72 heavy (non-hydrogen) atoms. The van der Waals surface area contributed by atoms with Crippen LogP contribution in [0.15, 0.2) is 0 Å². The molecule has 1 amide bonds. The molecule has 0 aliphatic rings. The van der Waals surface area contributed by atoms with E-state index in [1.807, 2.05) is 0 Å². The summed E-state index contributed by atoms with van der Waals surface area (Å²) in [6, 6.07) is -0.533. The van der Waals surface area contributed by atoms with E-state index in [-0.39, 0.29) is 12.5 Å². The van der Waals surface area contributed by atoms with Crippen LogP contribution in [0.3, 0.4) is 0 Å². The molecule has 0 aromatic carbocycles. The maximum absolute atomic E-state index is 12.6. The molecule has 0 rings (SSSR count). The molecule has 0 aromatic rings. The number of aliphatic hydroxyl groups excluding tert-OH is 2. The average molecular weight is 1020 g/mol. The van der Waals surface area contributed by atoms with Crippen molar-refractivity contribution in [2.45, 2.75) is 424 Å². The van der Waals surface area contributed by atoms with Crippen molar-refractivity contribution in [1.82, 2.24) is 5.32 Å². The van der Waals surface area contributed by atoms with Gasteiger partial charge in [0.2, 0.25) is 5.91 Å². The molecule has 432 valence electrons. The van der Waals surface area contributed by atoms with Crippen LogP contribution < -0.4 is 5.32 Å². The zero-order valence-electron chi connectivity index (χ0n) is 50.0. The summed E-state index contributed by atoms with van der Waals surface area (Å²) in [6.45, 7) is 4.42. The fourth-order valence-corrected chi connectivity index (χ4v) is 11.4. The summed E-state index contributed by atoms with van der Waals surface area (Å²) in [5.41, 5.74) is 0. The van der Waals surface area contributed by atoms with E-state index in [1.54, 1.807) is 0 Å². The maximum atomic E-state index is 12.6. The highest BCUT2D eigenvalue weighted by atomic mass is 16.3. The molecular formula is C68H137NO3. The lowest BCUT2D eigenvalue weighted by Gasteiger charge is -2.22. The van der Waals surface area contributed by atoms with E-state index in [0.29, 0.717) is 12.8 Å². The molecule has 2 atom stereocenters. The van der Waals surface area contributed by atoms with Gasteiger partial charge in [0.25, 0.3) is 0 Å². The second kappa shape index (κ2) is 64.7. The van der Waals surface area contributed by atoms with Gasteiger partial charge < -0.3 is 15.5 Å².